The zero-order valence-electron chi connectivity index (χ0n) is 6.58. The molecule has 0 amide bonds. The highest BCUT2D eigenvalue weighted by Crippen LogP contribution is 2.30. The molecule has 8 heteroatoms. The molecule has 0 saturated heterocycles. The normalized spacial score (nSPS) is 11.3. The van der Waals surface area contributed by atoms with Gasteiger partial charge >= 0.3 is 16.5 Å². The summed E-state index contributed by atoms with van der Waals surface area (Å²) >= 11 is 0. The van der Waals surface area contributed by atoms with Gasteiger partial charge in [-0.25, -0.2) is 0 Å². The molecule has 0 aromatic rings. The van der Waals surface area contributed by atoms with E-state index >= 15 is 0 Å². The summed E-state index contributed by atoms with van der Waals surface area (Å²) in [4.78, 5) is 15.3. The van der Waals surface area contributed by atoms with Crippen LogP contribution in [0.25, 0.3) is 0 Å². The number of unbranched alkanes of at least 4 members (excludes halogenated alkanes) is 1. The molecule has 0 aliphatic carbocycles. The van der Waals surface area contributed by atoms with Gasteiger partial charge in [-0.2, -0.15) is 0 Å². The van der Waals surface area contributed by atoms with Crippen LogP contribution in [-0.2, 0) is 13.4 Å². The molecule has 0 aliphatic rings. The van der Waals surface area contributed by atoms with Crippen LogP contribution in [0.4, 0.5) is 0 Å². The first-order valence-corrected chi connectivity index (χ1v) is 5.41. The molecule has 0 aliphatic heterocycles. The van der Waals surface area contributed by atoms with Gasteiger partial charge in [0.25, 0.3) is 0 Å². The first-order chi connectivity index (χ1) is 5.54. The zero-order chi connectivity index (χ0) is 9.98. The average Bonchev–Trinajstić information content (AvgIpc) is 1.87. The van der Waals surface area contributed by atoms with Crippen molar-refractivity contribution < 1.29 is 28.3 Å². The summed E-state index contributed by atoms with van der Waals surface area (Å²) in [6.45, 7) is 2.40. The number of rotatable bonds is 4. The van der Waals surface area contributed by atoms with E-state index in [0.29, 0.717) is 6.61 Å². The Morgan fingerprint density at radius 3 is 1.67 bits per heavy atom. The lowest BCUT2D eigenvalue weighted by molar-refractivity contribution is 0.287. The summed E-state index contributed by atoms with van der Waals surface area (Å²) in [6.07, 6.45) is 2.04. The minimum Gasteiger partial charge on any atom is -0.396 e. The SMILES string of the molecule is CCCCO.O=[P+](O)O[P+](=O)O. The Morgan fingerprint density at radius 1 is 1.25 bits per heavy atom. The summed E-state index contributed by atoms with van der Waals surface area (Å²) in [5, 5.41) is 8.07. The van der Waals surface area contributed by atoms with Crippen molar-refractivity contribution in [2.24, 2.45) is 0 Å². The van der Waals surface area contributed by atoms with Crippen LogP contribution < -0.4 is 0 Å². The highest BCUT2D eigenvalue weighted by molar-refractivity contribution is 7.46. The Hall–Kier alpha value is 0.0400. The molecule has 0 aromatic heterocycles. The van der Waals surface area contributed by atoms with Gasteiger partial charge in [-0.1, -0.05) is 13.3 Å². The van der Waals surface area contributed by atoms with Crippen molar-refractivity contribution in [3.63, 3.8) is 0 Å². The summed E-state index contributed by atoms with van der Waals surface area (Å²) in [6, 6.07) is 0. The monoisotopic (exact) mass is 218 g/mol. The Labute approximate surface area is 72.1 Å². The van der Waals surface area contributed by atoms with E-state index in [4.69, 9.17) is 14.9 Å². The third-order valence-electron chi connectivity index (χ3n) is 0.651. The van der Waals surface area contributed by atoms with Crippen LogP contribution in [-0.4, -0.2) is 21.5 Å². The fourth-order valence-corrected chi connectivity index (χ4v) is 0.696. The Morgan fingerprint density at radius 2 is 1.67 bits per heavy atom. The molecule has 2 unspecified atom stereocenters. The van der Waals surface area contributed by atoms with Crippen molar-refractivity contribution in [3.8, 4) is 0 Å². The van der Waals surface area contributed by atoms with Crippen LogP contribution in [0.1, 0.15) is 19.8 Å². The Kier molecular flexibility index (Phi) is 13.4. The van der Waals surface area contributed by atoms with Gasteiger partial charge in [0.05, 0.1) is 0 Å². The molecule has 0 radical (unpaired) electrons. The maximum atomic E-state index is 9.39. The van der Waals surface area contributed by atoms with Crippen molar-refractivity contribution in [1.82, 2.24) is 0 Å². The largest absolute Gasteiger partial charge is 0.745 e. The highest BCUT2D eigenvalue weighted by Gasteiger charge is 2.31. The predicted molar refractivity (Wildman–Crippen MR) is 42.7 cm³/mol. The number of aliphatic hydroxyl groups is 1. The maximum absolute atomic E-state index is 9.39. The molecule has 12 heavy (non-hydrogen) atoms. The molecule has 0 heterocycles. The van der Waals surface area contributed by atoms with Crippen molar-refractivity contribution in [3.05, 3.63) is 0 Å². The second kappa shape index (κ2) is 11.0. The third kappa shape index (κ3) is 22.5. The fourth-order valence-electron chi connectivity index (χ4n) is 0.218. The van der Waals surface area contributed by atoms with Gasteiger partial charge in [0.2, 0.25) is 0 Å². The number of aliphatic hydroxyl groups excluding tert-OH is 1. The van der Waals surface area contributed by atoms with E-state index in [-0.39, 0.29) is 0 Å². The lowest BCUT2D eigenvalue weighted by Gasteiger charge is -1.79. The lowest BCUT2D eigenvalue weighted by atomic mass is 10.4. The molecular formula is C4H12O6P2+2. The van der Waals surface area contributed by atoms with Crippen LogP contribution in [0.2, 0.25) is 0 Å². The predicted octanol–water partition coefficient (Wildman–Crippen LogP) is 1.08. The minimum atomic E-state index is -2.92. The van der Waals surface area contributed by atoms with Gasteiger partial charge in [0.15, 0.2) is 4.31 Å². The van der Waals surface area contributed by atoms with E-state index in [9.17, 15) is 9.13 Å². The summed E-state index contributed by atoms with van der Waals surface area (Å²) in [7, 11) is -5.85. The molecule has 6 nitrogen and oxygen atoms in total. The van der Waals surface area contributed by atoms with Gasteiger partial charge in [-0.3, -0.25) is 0 Å². The molecule has 0 bridgehead atoms. The van der Waals surface area contributed by atoms with E-state index in [0.717, 1.165) is 12.8 Å². The Balaban J connectivity index is 0. The van der Waals surface area contributed by atoms with Crippen molar-refractivity contribution in [2.45, 2.75) is 19.8 Å². The van der Waals surface area contributed by atoms with Crippen molar-refractivity contribution in [1.29, 1.82) is 0 Å². The van der Waals surface area contributed by atoms with E-state index in [1.807, 2.05) is 0 Å². The summed E-state index contributed by atoms with van der Waals surface area (Å²) in [5.41, 5.74) is 0. The molecule has 0 saturated carbocycles. The van der Waals surface area contributed by atoms with Crippen LogP contribution in [0.15, 0.2) is 0 Å². The van der Waals surface area contributed by atoms with Gasteiger partial charge in [0, 0.05) is 15.7 Å². The topological polar surface area (TPSA) is 104 Å². The van der Waals surface area contributed by atoms with Crippen LogP contribution in [0.5, 0.6) is 0 Å². The first-order valence-electron chi connectivity index (χ1n) is 3.15. The van der Waals surface area contributed by atoms with E-state index in [2.05, 4.69) is 11.2 Å². The smallest absolute Gasteiger partial charge is 0.396 e. The standard InChI is InChI=1S/C4H10O.O5P2/c1-2-3-4-5;1-6(2)5-7(3)4/h5H,2-4H2,1H3;/p+2. The van der Waals surface area contributed by atoms with Gasteiger partial charge in [-0.15, -0.1) is 9.79 Å². The van der Waals surface area contributed by atoms with E-state index in [1.165, 1.54) is 0 Å². The average molecular weight is 218 g/mol. The molecule has 72 valence electrons. The van der Waals surface area contributed by atoms with E-state index < -0.39 is 16.5 Å². The first kappa shape index (κ1) is 14.6. The van der Waals surface area contributed by atoms with Crippen LogP contribution in [0.3, 0.4) is 0 Å². The van der Waals surface area contributed by atoms with Crippen LogP contribution >= 0.6 is 16.5 Å². The third-order valence-corrected chi connectivity index (χ3v) is 1.77. The molecular weight excluding hydrogens is 206 g/mol. The fraction of sp³-hybridized carbons (Fsp3) is 1.00. The molecule has 2 atom stereocenters. The summed E-state index contributed by atoms with van der Waals surface area (Å²) in [5.74, 6) is 0. The quantitative estimate of drug-likeness (QED) is 0.610. The van der Waals surface area contributed by atoms with Crippen LogP contribution in [0, 0.1) is 0 Å². The zero-order valence-corrected chi connectivity index (χ0v) is 8.37. The minimum absolute atomic E-state index is 0.344. The molecule has 3 N–H and O–H groups in total. The molecule has 0 rings (SSSR count). The van der Waals surface area contributed by atoms with Crippen molar-refractivity contribution in [2.75, 3.05) is 6.61 Å². The maximum Gasteiger partial charge on any atom is 0.745 e. The number of hydrogen-bond acceptors (Lipinski definition) is 4. The summed E-state index contributed by atoms with van der Waals surface area (Å²) < 4.78 is 22.2. The second-order valence-corrected chi connectivity index (χ2v) is 3.24. The second-order valence-electron chi connectivity index (χ2n) is 1.63. The highest BCUT2D eigenvalue weighted by atomic mass is 31.2. The van der Waals surface area contributed by atoms with Gasteiger partial charge < -0.3 is 5.11 Å². The lowest BCUT2D eigenvalue weighted by Crippen LogP contribution is -1.75. The molecule has 0 spiro atoms. The van der Waals surface area contributed by atoms with E-state index in [1.54, 1.807) is 0 Å². The molecule has 0 aromatic carbocycles. The van der Waals surface area contributed by atoms with Crippen molar-refractivity contribution >= 4 is 16.5 Å². The Bertz CT molecular complexity index is 124. The van der Waals surface area contributed by atoms with Gasteiger partial charge in [0.1, 0.15) is 0 Å². The van der Waals surface area contributed by atoms with Gasteiger partial charge in [-0.05, 0) is 6.42 Å². The number of hydrogen-bond donors (Lipinski definition) is 3. The molecule has 0 fully saturated rings.